The maximum atomic E-state index is 9.26. The lowest BCUT2D eigenvalue weighted by Crippen LogP contribution is -2.04. The third-order valence-corrected chi connectivity index (χ3v) is 2.54. The highest BCUT2D eigenvalue weighted by Crippen LogP contribution is 2.20. The van der Waals surface area contributed by atoms with E-state index in [9.17, 15) is 5.11 Å². The molecular formula is C12H13ClN2O. The molecule has 0 radical (unpaired) electrons. The maximum absolute atomic E-state index is 9.26. The Balaban J connectivity index is 2.21. The fourth-order valence-electron chi connectivity index (χ4n) is 1.55. The molecule has 0 aliphatic rings. The zero-order chi connectivity index (χ0) is 11.5. The van der Waals surface area contributed by atoms with Gasteiger partial charge in [-0.05, 0) is 25.1 Å². The van der Waals surface area contributed by atoms with Crippen LogP contribution in [0.4, 0.5) is 0 Å². The van der Waals surface area contributed by atoms with Crippen LogP contribution in [-0.4, -0.2) is 21.4 Å². The standard InChI is InChI=1S/C12H13ClN2O/c1-8(16)6-11-7-12(15-14-11)9-2-4-10(13)5-3-9/h2-5,7-8,16H,6H2,1H3,(H,14,15). The number of hydrogen-bond donors (Lipinski definition) is 2. The Morgan fingerprint density at radius 3 is 2.69 bits per heavy atom. The van der Waals surface area contributed by atoms with Gasteiger partial charge in [0.1, 0.15) is 0 Å². The van der Waals surface area contributed by atoms with Crippen molar-refractivity contribution in [2.45, 2.75) is 19.4 Å². The van der Waals surface area contributed by atoms with Crippen molar-refractivity contribution in [3.8, 4) is 11.3 Å². The molecule has 1 aromatic carbocycles. The second kappa shape index (κ2) is 4.68. The molecule has 0 spiro atoms. The molecule has 0 bridgehead atoms. The van der Waals surface area contributed by atoms with E-state index in [2.05, 4.69) is 10.2 Å². The van der Waals surface area contributed by atoms with Crippen molar-refractivity contribution in [1.82, 2.24) is 10.2 Å². The van der Waals surface area contributed by atoms with E-state index in [1.807, 2.05) is 30.3 Å². The molecule has 0 saturated heterocycles. The molecule has 4 heteroatoms. The van der Waals surface area contributed by atoms with Crippen molar-refractivity contribution in [3.05, 3.63) is 41.0 Å². The van der Waals surface area contributed by atoms with Crippen molar-refractivity contribution in [1.29, 1.82) is 0 Å². The van der Waals surface area contributed by atoms with Crippen LogP contribution in [0.2, 0.25) is 5.02 Å². The van der Waals surface area contributed by atoms with E-state index in [-0.39, 0.29) is 6.10 Å². The Bertz CT molecular complexity index is 462. The minimum atomic E-state index is -0.362. The molecule has 3 nitrogen and oxygen atoms in total. The molecule has 2 aromatic rings. The lowest BCUT2D eigenvalue weighted by Gasteiger charge is -1.98. The third kappa shape index (κ3) is 2.62. The van der Waals surface area contributed by atoms with Gasteiger partial charge in [-0.3, -0.25) is 5.10 Å². The highest BCUT2D eigenvalue weighted by molar-refractivity contribution is 6.30. The van der Waals surface area contributed by atoms with E-state index in [1.54, 1.807) is 6.92 Å². The van der Waals surface area contributed by atoms with E-state index in [0.29, 0.717) is 11.4 Å². The van der Waals surface area contributed by atoms with Gasteiger partial charge in [0.15, 0.2) is 0 Å². The molecule has 0 aliphatic heterocycles. The Hall–Kier alpha value is -1.32. The monoisotopic (exact) mass is 236 g/mol. The number of halogens is 1. The summed E-state index contributed by atoms with van der Waals surface area (Å²) in [5.74, 6) is 0. The van der Waals surface area contributed by atoms with Crippen molar-refractivity contribution >= 4 is 11.6 Å². The number of aromatic amines is 1. The first kappa shape index (κ1) is 11.2. The summed E-state index contributed by atoms with van der Waals surface area (Å²) < 4.78 is 0. The first-order valence-electron chi connectivity index (χ1n) is 5.13. The van der Waals surface area contributed by atoms with E-state index in [4.69, 9.17) is 11.6 Å². The van der Waals surface area contributed by atoms with Crippen LogP contribution in [-0.2, 0) is 6.42 Å². The van der Waals surface area contributed by atoms with Crippen LogP contribution in [0.5, 0.6) is 0 Å². The Labute approximate surface area is 99.1 Å². The quantitative estimate of drug-likeness (QED) is 0.861. The van der Waals surface area contributed by atoms with Crippen molar-refractivity contribution < 1.29 is 5.11 Å². The molecule has 1 heterocycles. The zero-order valence-electron chi connectivity index (χ0n) is 8.94. The molecule has 0 aliphatic carbocycles. The summed E-state index contributed by atoms with van der Waals surface area (Å²) in [5, 5.41) is 17.1. The van der Waals surface area contributed by atoms with Crippen LogP contribution in [0.3, 0.4) is 0 Å². The van der Waals surface area contributed by atoms with Gasteiger partial charge in [0.2, 0.25) is 0 Å². The minimum absolute atomic E-state index is 0.362. The number of hydrogen-bond acceptors (Lipinski definition) is 2. The number of aromatic nitrogens is 2. The van der Waals surface area contributed by atoms with Crippen LogP contribution in [0, 0.1) is 0 Å². The van der Waals surface area contributed by atoms with E-state index in [1.165, 1.54) is 0 Å². The van der Waals surface area contributed by atoms with Gasteiger partial charge < -0.3 is 5.11 Å². The first-order chi connectivity index (χ1) is 7.65. The Morgan fingerprint density at radius 2 is 2.06 bits per heavy atom. The van der Waals surface area contributed by atoms with Crippen molar-refractivity contribution in [2.75, 3.05) is 0 Å². The Morgan fingerprint density at radius 1 is 1.38 bits per heavy atom. The summed E-state index contributed by atoms with van der Waals surface area (Å²) in [7, 11) is 0. The highest BCUT2D eigenvalue weighted by atomic mass is 35.5. The molecule has 16 heavy (non-hydrogen) atoms. The molecule has 1 aromatic heterocycles. The maximum Gasteiger partial charge on any atom is 0.0923 e. The number of rotatable bonds is 3. The molecular weight excluding hydrogens is 224 g/mol. The topological polar surface area (TPSA) is 48.9 Å². The lowest BCUT2D eigenvalue weighted by molar-refractivity contribution is 0.194. The van der Waals surface area contributed by atoms with E-state index >= 15 is 0 Å². The molecule has 2 N–H and O–H groups in total. The highest BCUT2D eigenvalue weighted by Gasteiger charge is 2.05. The van der Waals surface area contributed by atoms with Gasteiger partial charge in [-0.25, -0.2) is 0 Å². The number of nitrogens with one attached hydrogen (secondary N) is 1. The molecule has 1 unspecified atom stereocenters. The number of nitrogens with zero attached hydrogens (tertiary/aromatic N) is 1. The van der Waals surface area contributed by atoms with Crippen molar-refractivity contribution in [3.63, 3.8) is 0 Å². The SMILES string of the molecule is CC(O)Cc1cc(-c2ccc(Cl)cc2)n[nH]1. The molecule has 84 valence electrons. The summed E-state index contributed by atoms with van der Waals surface area (Å²) in [5.41, 5.74) is 2.81. The fourth-order valence-corrected chi connectivity index (χ4v) is 1.68. The zero-order valence-corrected chi connectivity index (χ0v) is 9.70. The van der Waals surface area contributed by atoms with Gasteiger partial charge in [-0.15, -0.1) is 0 Å². The van der Waals surface area contributed by atoms with Gasteiger partial charge >= 0.3 is 0 Å². The molecule has 0 amide bonds. The third-order valence-electron chi connectivity index (χ3n) is 2.29. The van der Waals surface area contributed by atoms with Gasteiger partial charge in [-0.1, -0.05) is 23.7 Å². The molecule has 0 saturated carbocycles. The molecule has 1 atom stereocenters. The molecule has 2 rings (SSSR count). The van der Waals surface area contributed by atoms with Crippen molar-refractivity contribution in [2.24, 2.45) is 0 Å². The van der Waals surface area contributed by atoms with Crippen LogP contribution in [0.1, 0.15) is 12.6 Å². The minimum Gasteiger partial charge on any atom is -0.393 e. The number of benzene rings is 1. The van der Waals surface area contributed by atoms with Crippen LogP contribution >= 0.6 is 11.6 Å². The van der Waals surface area contributed by atoms with Gasteiger partial charge in [0, 0.05) is 22.7 Å². The predicted octanol–water partition coefficient (Wildman–Crippen LogP) is 2.65. The summed E-state index contributed by atoms with van der Waals surface area (Å²) >= 11 is 5.81. The number of H-pyrrole nitrogens is 1. The van der Waals surface area contributed by atoms with Crippen LogP contribution in [0.25, 0.3) is 11.3 Å². The number of aliphatic hydroxyl groups excluding tert-OH is 1. The van der Waals surface area contributed by atoms with Crippen LogP contribution in [0.15, 0.2) is 30.3 Å². The fraction of sp³-hybridized carbons (Fsp3) is 0.250. The van der Waals surface area contributed by atoms with Gasteiger partial charge in [0.05, 0.1) is 11.8 Å². The predicted molar refractivity (Wildman–Crippen MR) is 64.4 cm³/mol. The van der Waals surface area contributed by atoms with E-state index in [0.717, 1.165) is 17.0 Å². The summed E-state index contributed by atoms with van der Waals surface area (Å²) in [6.07, 6.45) is 0.221. The first-order valence-corrected chi connectivity index (χ1v) is 5.51. The number of aliphatic hydroxyl groups is 1. The molecule has 0 fully saturated rings. The Kier molecular flexibility index (Phi) is 3.27. The summed E-state index contributed by atoms with van der Waals surface area (Å²) in [6.45, 7) is 1.75. The summed E-state index contributed by atoms with van der Waals surface area (Å²) in [4.78, 5) is 0. The average Bonchev–Trinajstić information content (AvgIpc) is 2.66. The average molecular weight is 237 g/mol. The second-order valence-corrected chi connectivity index (χ2v) is 4.27. The lowest BCUT2D eigenvalue weighted by atomic mass is 10.1. The second-order valence-electron chi connectivity index (χ2n) is 3.84. The normalized spacial score (nSPS) is 12.7. The largest absolute Gasteiger partial charge is 0.393 e. The summed E-state index contributed by atoms with van der Waals surface area (Å²) in [6, 6.07) is 9.45. The smallest absolute Gasteiger partial charge is 0.0923 e. The van der Waals surface area contributed by atoms with Gasteiger partial charge in [0.25, 0.3) is 0 Å². The van der Waals surface area contributed by atoms with Gasteiger partial charge in [-0.2, -0.15) is 5.10 Å². The van der Waals surface area contributed by atoms with Crippen LogP contribution < -0.4 is 0 Å². The van der Waals surface area contributed by atoms with E-state index < -0.39 is 0 Å².